The van der Waals surface area contributed by atoms with Crippen molar-refractivity contribution >= 4 is 12.4 Å². The van der Waals surface area contributed by atoms with Gasteiger partial charge in [0.05, 0.1) is 0 Å². The molecule has 0 N–H and O–H groups in total. The fourth-order valence-electron chi connectivity index (χ4n) is 1.03. The molecule has 12 heavy (non-hydrogen) atoms. The molecule has 0 heterocycles. The minimum absolute atomic E-state index is 0. The topological polar surface area (TPSA) is 3.24 Å². The van der Waals surface area contributed by atoms with Crippen molar-refractivity contribution in [3.8, 4) is 0 Å². The summed E-state index contributed by atoms with van der Waals surface area (Å²) in [4.78, 5) is 2.37. The van der Waals surface area contributed by atoms with Crippen molar-refractivity contribution in [3.05, 3.63) is 25.3 Å². The molecule has 0 rings (SSSR count). The van der Waals surface area contributed by atoms with Gasteiger partial charge in [0.15, 0.2) is 0 Å². The molecule has 0 saturated carbocycles. The van der Waals surface area contributed by atoms with Crippen LogP contribution in [0.4, 0.5) is 0 Å². The van der Waals surface area contributed by atoms with E-state index in [9.17, 15) is 0 Å². The highest BCUT2D eigenvalue weighted by atomic mass is 35.5. The molecule has 0 aliphatic heterocycles. The number of halogens is 1. The molecule has 0 fully saturated rings. The molecule has 0 aliphatic carbocycles. The molecule has 0 amide bonds. The van der Waals surface area contributed by atoms with Gasteiger partial charge in [0.25, 0.3) is 0 Å². The van der Waals surface area contributed by atoms with Gasteiger partial charge in [-0.1, -0.05) is 26.0 Å². The summed E-state index contributed by atoms with van der Waals surface area (Å²) in [5, 5.41) is 0. The van der Waals surface area contributed by atoms with Gasteiger partial charge < -0.3 is 4.90 Å². The largest absolute Gasteiger partial charge is 0.303 e. The predicted octanol–water partition coefficient (Wildman–Crippen LogP) is 2.74. The number of rotatable bonds is 6. The monoisotopic (exact) mass is 189 g/mol. The minimum Gasteiger partial charge on any atom is -0.303 e. The van der Waals surface area contributed by atoms with Crippen molar-refractivity contribution in [2.24, 2.45) is 5.92 Å². The highest BCUT2D eigenvalue weighted by Crippen LogP contribution is 2.02. The van der Waals surface area contributed by atoms with E-state index in [1.165, 1.54) is 0 Å². The van der Waals surface area contributed by atoms with Gasteiger partial charge >= 0.3 is 0 Å². The van der Waals surface area contributed by atoms with Crippen LogP contribution in [0.25, 0.3) is 0 Å². The summed E-state index contributed by atoms with van der Waals surface area (Å²) >= 11 is 0. The zero-order valence-corrected chi connectivity index (χ0v) is 8.94. The quantitative estimate of drug-likeness (QED) is 0.581. The molecule has 0 radical (unpaired) electrons. The second-order valence-corrected chi connectivity index (χ2v) is 2.62. The summed E-state index contributed by atoms with van der Waals surface area (Å²) < 4.78 is 0. The van der Waals surface area contributed by atoms with E-state index >= 15 is 0 Å². The Morgan fingerprint density at radius 3 is 1.83 bits per heavy atom. The molecule has 2 heteroatoms. The van der Waals surface area contributed by atoms with E-state index in [-0.39, 0.29) is 12.4 Å². The Hall–Kier alpha value is -0.270. The second-order valence-electron chi connectivity index (χ2n) is 2.62. The summed E-state index contributed by atoms with van der Waals surface area (Å²) in [5.41, 5.74) is 0. The first-order valence-electron chi connectivity index (χ1n) is 4.25. The molecule has 0 aromatic carbocycles. The molecular formula is C10H20ClN. The zero-order chi connectivity index (χ0) is 8.69. The standard InChI is InChI=1S/C10H19N.ClH/c1-5-10(6-2)9-11(7-3)8-4;/h5-6,10H,1-2,7-9H2,3-4H3;1H. The molecular weight excluding hydrogens is 170 g/mol. The van der Waals surface area contributed by atoms with E-state index in [2.05, 4.69) is 31.9 Å². The number of hydrogen-bond acceptors (Lipinski definition) is 1. The first-order chi connectivity index (χ1) is 5.28. The number of hydrogen-bond donors (Lipinski definition) is 0. The van der Waals surface area contributed by atoms with Crippen molar-refractivity contribution < 1.29 is 0 Å². The van der Waals surface area contributed by atoms with Crippen LogP contribution >= 0.6 is 12.4 Å². The lowest BCUT2D eigenvalue weighted by Gasteiger charge is -2.20. The predicted molar refractivity (Wildman–Crippen MR) is 58.9 cm³/mol. The second kappa shape index (κ2) is 8.82. The summed E-state index contributed by atoms with van der Waals surface area (Å²) in [7, 11) is 0. The van der Waals surface area contributed by atoms with Crippen LogP contribution in [-0.4, -0.2) is 24.5 Å². The van der Waals surface area contributed by atoms with E-state index in [0.29, 0.717) is 5.92 Å². The molecule has 0 unspecified atom stereocenters. The van der Waals surface area contributed by atoms with Crippen LogP contribution in [0.1, 0.15) is 13.8 Å². The van der Waals surface area contributed by atoms with Crippen LogP contribution < -0.4 is 0 Å². The molecule has 0 aliphatic rings. The van der Waals surface area contributed by atoms with Crippen molar-refractivity contribution in [1.29, 1.82) is 0 Å². The molecule has 1 nitrogen and oxygen atoms in total. The van der Waals surface area contributed by atoms with Crippen molar-refractivity contribution in [2.75, 3.05) is 19.6 Å². The highest BCUT2D eigenvalue weighted by molar-refractivity contribution is 5.85. The van der Waals surface area contributed by atoms with Crippen LogP contribution in [0.3, 0.4) is 0 Å². The van der Waals surface area contributed by atoms with E-state index in [1.807, 2.05) is 12.2 Å². The van der Waals surface area contributed by atoms with Gasteiger partial charge in [-0.05, 0) is 13.1 Å². The zero-order valence-electron chi connectivity index (χ0n) is 8.12. The lowest BCUT2D eigenvalue weighted by Crippen LogP contribution is -2.27. The van der Waals surface area contributed by atoms with E-state index in [0.717, 1.165) is 19.6 Å². The Kier molecular flexibility index (Phi) is 10.5. The Bertz CT molecular complexity index is 111. The SMILES string of the molecule is C=CC(C=C)CN(CC)CC.Cl. The maximum absolute atomic E-state index is 3.76. The third-order valence-corrected chi connectivity index (χ3v) is 1.97. The smallest absolute Gasteiger partial charge is 0.00787 e. The van der Waals surface area contributed by atoms with Crippen molar-refractivity contribution in [1.82, 2.24) is 4.90 Å². The fourth-order valence-corrected chi connectivity index (χ4v) is 1.03. The van der Waals surface area contributed by atoms with Gasteiger partial charge in [0.1, 0.15) is 0 Å². The fraction of sp³-hybridized carbons (Fsp3) is 0.600. The van der Waals surface area contributed by atoms with Crippen LogP contribution in [0.5, 0.6) is 0 Å². The minimum atomic E-state index is 0. The summed E-state index contributed by atoms with van der Waals surface area (Å²) in [6, 6.07) is 0. The Morgan fingerprint density at radius 1 is 1.17 bits per heavy atom. The molecule has 72 valence electrons. The maximum atomic E-state index is 3.76. The van der Waals surface area contributed by atoms with Crippen LogP contribution in [-0.2, 0) is 0 Å². The molecule has 0 bridgehead atoms. The Morgan fingerprint density at radius 2 is 1.58 bits per heavy atom. The van der Waals surface area contributed by atoms with E-state index in [4.69, 9.17) is 0 Å². The molecule has 0 atom stereocenters. The summed E-state index contributed by atoms with van der Waals surface area (Å²) in [6.45, 7) is 15.1. The first kappa shape index (κ1) is 14.3. The van der Waals surface area contributed by atoms with E-state index < -0.39 is 0 Å². The highest BCUT2D eigenvalue weighted by Gasteiger charge is 2.03. The van der Waals surface area contributed by atoms with Gasteiger partial charge in [0.2, 0.25) is 0 Å². The third-order valence-electron chi connectivity index (χ3n) is 1.97. The van der Waals surface area contributed by atoms with Crippen LogP contribution in [0.15, 0.2) is 25.3 Å². The van der Waals surface area contributed by atoms with Gasteiger partial charge in [-0.2, -0.15) is 0 Å². The van der Waals surface area contributed by atoms with Gasteiger partial charge in [-0.15, -0.1) is 25.6 Å². The van der Waals surface area contributed by atoms with Gasteiger partial charge in [-0.25, -0.2) is 0 Å². The number of nitrogens with zero attached hydrogens (tertiary/aromatic N) is 1. The van der Waals surface area contributed by atoms with Gasteiger partial charge in [-0.3, -0.25) is 0 Å². The average molecular weight is 190 g/mol. The van der Waals surface area contributed by atoms with Crippen LogP contribution in [0.2, 0.25) is 0 Å². The van der Waals surface area contributed by atoms with Gasteiger partial charge in [0, 0.05) is 12.5 Å². The summed E-state index contributed by atoms with van der Waals surface area (Å²) in [5.74, 6) is 0.440. The molecule has 0 aromatic heterocycles. The normalized spacial score (nSPS) is 9.67. The average Bonchev–Trinajstić information content (AvgIpc) is 2.07. The lowest BCUT2D eigenvalue weighted by atomic mass is 10.1. The Labute approximate surface area is 82.6 Å². The van der Waals surface area contributed by atoms with E-state index in [1.54, 1.807) is 0 Å². The molecule has 0 aromatic rings. The lowest BCUT2D eigenvalue weighted by molar-refractivity contribution is 0.289. The first-order valence-corrected chi connectivity index (χ1v) is 4.25. The molecule has 0 saturated heterocycles. The third kappa shape index (κ3) is 5.39. The van der Waals surface area contributed by atoms with Crippen molar-refractivity contribution in [3.63, 3.8) is 0 Å². The van der Waals surface area contributed by atoms with Crippen LogP contribution in [0, 0.1) is 5.92 Å². The summed E-state index contributed by atoms with van der Waals surface area (Å²) in [6.07, 6.45) is 3.90. The molecule has 0 spiro atoms. The Balaban J connectivity index is 0. The maximum Gasteiger partial charge on any atom is 0.00787 e. The van der Waals surface area contributed by atoms with Crippen molar-refractivity contribution in [2.45, 2.75) is 13.8 Å².